The summed E-state index contributed by atoms with van der Waals surface area (Å²) in [6.45, 7) is 2.20. The Kier molecular flexibility index (Phi) is 5.44. The van der Waals surface area contributed by atoms with Crippen molar-refractivity contribution in [3.63, 3.8) is 0 Å². The van der Waals surface area contributed by atoms with Crippen LogP contribution in [0.1, 0.15) is 37.7 Å². The third-order valence-electron chi connectivity index (χ3n) is 4.74. The van der Waals surface area contributed by atoms with Crippen LogP contribution in [0.4, 0.5) is 5.69 Å². The second-order valence-electron chi connectivity index (χ2n) is 6.19. The number of nitrogens with zero attached hydrogens (tertiary/aromatic N) is 1. The van der Waals surface area contributed by atoms with Gasteiger partial charge in [-0.25, -0.2) is 0 Å². The SMILES string of the molecule is C[N@@+]1(C2CCCCC2)CNc2c(Br)cc(Br)cc2C1.[Cl-]. The molecule has 1 heterocycles. The van der Waals surface area contributed by atoms with Crippen molar-refractivity contribution < 1.29 is 16.9 Å². The zero-order valence-corrected chi connectivity index (χ0v) is 15.7. The molecule has 1 saturated carbocycles. The van der Waals surface area contributed by atoms with Crippen molar-refractivity contribution in [2.45, 2.75) is 44.7 Å². The minimum absolute atomic E-state index is 0. The van der Waals surface area contributed by atoms with E-state index >= 15 is 0 Å². The lowest BCUT2D eigenvalue weighted by Crippen LogP contribution is -3.00. The summed E-state index contributed by atoms with van der Waals surface area (Å²) in [5, 5.41) is 3.65. The second-order valence-corrected chi connectivity index (χ2v) is 7.96. The topological polar surface area (TPSA) is 12.0 Å². The van der Waals surface area contributed by atoms with Gasteiger partial charge in [-0.15, -0.1) is 0 Å². The van der Waals surface area contributed by atoms with E-state index in [1.165, 1.54) is 47.8 Å². The Bertz CT molecular complexity index is 489. The summed E-state index contributed by atoms with van der Waals surface area (Å²) >= 11 is 7.28. The number of hydrogen-bond donors (Lipinski definition) is 1. The van der Waals surface area contributed by atoms with E-state index in [4.69, 9.17) is 0 Å². The highest BCUT2D eigenvalue weighted by Crippen LogP contribution is 2.38. The molecule has 0 amide bonds. The van der Waals surface area contributed by atoms with Gasteiger partial charge in [-0.2, -0.15) is 0 Å². The summed E-state index contributed by atoms with van der Waals surface area (Å²) in [6.07, 6.45) is 7.03. The molecule has 2 nitrogen and oxygen atoms in total. The second kappa shape index (κ2) is 6.55. The quantitative estimate of drug-likeness (QED) is 0.679. The standard InChI is InChI=1S/C15H21Br2N2.ClH/c1-19(13-5-3-2-4-6-13)9-11-7-12(16)8-14(17)15(11)18-10-19;/h7-8,13,18H,2-6,9-10H2,1H3;1H/q+1;/p-1/t19-;/m0./s1. The number of quaternary nitrogens is 1. The van der Waals surface area contributed by atoms with E-state index in [9.17, 15) is 0 Å². The first-order valence-electron chi connectivity index (χ1n) is 7.14. The molecule has 0 saturated heterocycles. The first-order valence-corrected chi connectivity index (χ1v) is 8.73. The Morgan fingerprint density at radius 3 is 2.55 bits per heavy atom. The number of hydrogen-bond acceptors (Lipinski definition) is 1. The molecule has 0 radical (unpaired) electrons. The molecular formula is C15H21Br2ClN2. The molecule has 3 rings (SSSR count). The van der Waals surface area contributed by atoms with Crippen LogP contribution in [0.15, 0.2) is 21.1 Å². The van der Waals surface area contributed by atoms with Crippen LogP contribution in [0.25, 0.3) is 0 Å². The van der Waals surface area contributed by atoms with Gasteiger partial charge in [-0.3, -0.25) is 0 Å². The molecule has 1 aliphatic carbocycles. The average molecular weight is 425 g/mol. The Hall–Kier alpha value is 0.230. The van der Waals surface area contributed by atoms with Crippen LogP contribution in [-0.4, -0.2) is 24.2 Å². The maximum Gasteiger partial charge on any atom is 0.152 e. The zero-order chi connectivity index (χ0) is 13.5. The minimum Gasteiger partial charge on any atom is -1.00 e. The maximum absolute atomic E-state index is 3.67. The van der Waals surface area contributed by atoms with Crippen molar-refractivity contribution in [2.75, 3.05) is 19.0 Å². The summed E-state index contributed by atoms with van der Waals surface area (Å²) in [5.41, 5.74) is 2.72. The fourth-order valence-electron chi connectivity index (χ4n) is 3.62. The van der Waals surface area contributed by atoms with E-state index < -0.39 is 0 Å². The van der Waals surface area contributed by atoms with E-state index in [0.717, 1.165) is 28.2 Å². The fourth-order valence-corrected chi connectivity index (χ4v) is 5.07. The van der Waals surface area contributed by atoms with Crippen molar-refractivity contribution in [3.8, 4) is 0 Å². The molecule has 5 heteroatoms. The van der Waals surface area contributed by atoms with Gasteiger partial charge in [0, 0.05) is 14.5 Å². The predicted octanol–water partition coefficient (Wildman–Crippen LogP) is 1.88. The van der Waals surface area contributed by atoms with Gasteiger partial charge < -0.3 is 22.2 Å². The van der Waals surface area contributed by atoms with Crippen LogP contribution in [-0.2, 0) is 6.54 Å². The van der Waals surface area contributed by atoms with E-state index in [0.29, 0.717) is 0 Å². The lowest BCUT2D eigenvalue weighted by molar-refractivity contribution is -0.945. The van der Waals surface area contributed by atoms with Crippen molar-refractivity contribution in [1.29, 1.82) is 0 Å². The van der Waals surface area contributed by atoms with Gasteiger partial charge in [0.05, 0.1) is 18.8 Å². The number of rotatable bonds is 1. The highest BCUT2D eigenvalue weighted by Gasteiger charge is 2.37. The number of anilines is 1. The molecule has 0 unspecified atom stereocenters. The summed E-state index contributed by atoms with van der Waals surface area (Å²) in [7, 11) is 2.42. The number of nitrogens with one attached hydrogen (secondary N) is 1. The Morgan fingerprint density at radius 1 is 1.15 bits per heavy atom. The van der Waals surface area contributed by atoms with Crippen molar-refractivity contribution in [3.05, 3.63) is 26.6 Å². The molecule has 1 aromatic rings. The van der Waals surface area contributed by atoms with Gasteiger partial charge in [-0.05, 0) is 53.7 Å². The van der Waals surface area contributed by atoms with Crippen molar-refractivity contribution >= 4 is 37.5 Å². The molecule has 1 N–H and O–H groups in total. The predicted molar refractivity (Wildman–Crippen MR) is 87.1 cm³/mol. The third kappa shape index (κ3) is 3.18. The van der Waals surface area contributed by atoms with E-state index in [1.54, 1.807) is 0 Å². The largest absolute Gasteiger partial charge is 1.00 e. The van der Waals surface area contributed by atoms with Gasteiger partial charge in [0.25, 0.3) is 0 Å². The third-order valence-corrected chi connectivity index (χ3v) is 5.82. The summed E-state index contributed by atoms with van der Waals surface area (Å²) in [5.74, 6) is 0. The Balaban J connectivity index is 0.00000147. The highest BCUT2D eigenvalue weighted by atomic mass is 79.9. The van der Waals surface area contributed by atoms with E-state index in [-0.39, 0.29) is 12.4 Å². The van der Waals surface area contributed by atoms with Crippen LogP contribution < -0.4 is 17.7 Å². The van der Waals surface area contributed by atoms with Crippen molar-refractivity contribution in [1.82, 2.24) is 0 Å². The van der Waals surface area contributed by atoms with Crippen LogP contribution in [0, 0.1) is 0 Å². The molecule has 2 aliphatic rings. The summed E-state index contributed by atoms with van der Waals surface area (Å²) < 4.78 is 3.49. The van der Waals surface area contributed by atoms with E-state index in [1.807, 2.05) is 0 Å². The van der Waals surface area contributed by atoms with Crippen LogP contribution >= 0.6 is 31.9 Å². The fraction of sp³-hybridized carbons (Fsp3) is 0.600. The van der Waals surface area contributed by atoms with Gasteiger partial charge in [0.1, 0.15) is 6.54 Å². The summed E-state index contributed by atoms with van der Waals surface area (Å²) in [4.78, 5) is 0. The van der Waals surface area contributed by atoms with Crippen molar-refractivity contribution in [2.24, 2.45) is 0 Å². The van der Waals surface area contributed by atoms with Crippen LogP contribution in [0.2, 0.25) is 0 Å². The van der Waals surface area contributed by atoms with Gasteiger partial charge in [-0.1, -0.05) is 22.4 Å². The van der Waals surface area contributed by atoms with Gasteiger partial charge in [0.15, 0.2) is 6.67 Å². The molecule has 0 spiro atoms. The van der Waals surface area contributed by atoms with Crippen LogP contribution in [0.5, 0.6) is 0 Å². The molecule has 0 aromatic heterocycles. The van der Waals surface area contributed by atoms with Gasteiger partial charge in [0.2, 0.25) is 0 Å². The maximum atomic E-state index is 3.67. The molecule has 1 fully saturated rings. The molecule has 1 atom stereocenters. The lowest BCUT2D eigenvalue weighted by atomic mass is 9.91. The lowest BCUT2D eigenvalue weighted by Gasteiger charge is -2.46. The molecule has 1 aromatic carbocycles. The molecule has 112 valence electrons. The number of fused-ring (bicyclic) bond motifs is 1. The molecule has 0 bridgehead atoms. The average Bonchev–Trinajstić information content (AvgIpc) is 2.39. The molecular weight excluding hydrogens is 403 g/mol. The van der Waals surface area contributed by atoms with Crippen LogP contribution in [0.3, 0.4) is 0 Å². The highest BCUT2D eigenvalue weighted by molar-refractivity contribution is 9.11. The molecule has 1 aliphatic heterocycles. The summed E-state index contributed by atoms with van der Waals surface area (Å²) in [6, 6.07) is 5.22. The Morgan fingerprint density at radius 2 is 1.85 bits per heavy atom. The van der Waals surface area contributed by atoms with Gasteiger partial charge >= 0.3 is 0 Å². The van der Waals surface area contributed by atoms with E-state index in [2.05, 4.69) is 56.4 Å². The number of halogens is 3. The zero-order valence-electron chi connectivity index (χ0n) is 11.8. The molecule has 20 heavy (non-hydrogen) atoms. The number of benzene rings is 1. The first-order chi connectivity index (χ1) is 9.08. The smallest absolute Gasteiger partial charge is 0.152 e. The monoisotopic (exact) mass is 422 g/mol. The minimum atomic E-state index is 0. The Labute approximate surface area is 144 Å². The normalized spacial score (nSPS) is 26.4. The first kappa shape index (κ1) is 16.6.